The fraction of sp³-hybridized carbons (Fsp3) is 0.667. The summed E-state index contributed by atoms with van der Waals surface area (Å²) in [6, 6.07) is 11.0. The first kappa shape index (κ1) is 41.3. The fourth-order valence-electron chi connectivity index (χ4n) is 6.46. The molecule has 48 heavy (non-hydrogen) atoms. The Morgan fingerprint density at radius 1 is 0.542 bits per heavy atom. The van der Waals surface area contributed by atoms with Gasteiger partial charge in [-0.15, -0.1) is 0 Å². The second-order valence-corrected chi connectivity index (χ2v) is 13.7. The van der Waals surface area contributed by atoms with E-state index in [-0.39, 0.29) is 0 Å². The molecule has 0 bridgehead atoms. The molecule has 0 heterocycles. The molecule has 2 rings (SSSR count). The Balaban J connectivity index is 2.46. The van der Waals surface area contributed by atoms with Crippen molar-refractivity contribution in [2.75, 3.05) is 36.0 Å². The first-order valence-corrected chi connectivity index (χ1v) is 19.7. The Kier molecular flexibility index (Phi) is 22.4. The van der Waals surface area contributed by atoms with Crippen LogP contribution >= 0.6 is 0 Å². The van der Waals surface area contributed by atoms with Crippen molar-refractivity contribution in [2.24, 2.45) is 0 Å². The van der Waals surface area contributed by atoms with E-state index in [1.807, 2.05) is 12.2 Å². The number of nitro groups is 1. The molecule has 270 valence electrons. The summed E-state index contributed by atoms with van der Waals surface area (Å²) in [5.41, 5.74) is 3.87. The molecule has 0 aliphatic rings. The number of benzene rings is 2. The maximum Gasteiger partial charge on any atom is 0.304 e. The van der Waals surface area contributed by atoms with E-state index < -0.39 is 16.4 Å². The third kappa shape index (κ3) is 16.5. The molecule has 5 nitrogen and oxygen atoms in total. The van der Waals surface area contributed by atoms with Gasteiger partial charge in [0.1, 0.15) is 0 Å². The van der Waals surface area contributed by atoms with Gasteiger partial charge >= 0.3 is 5.69 Å². The van der Waals surface area contributed by atoms with Crippen LogP contribution in [-0.2, 0) is 0 Å². The van der Waals surface area contributed by atoms with Crippen LogP contribution in [-0.4, -0.2) is 31.1 Å². The largest absolute Gasteiger partial charge is 0.370 e. The quantitative estimate of drug-likeness (QED) is 0.0375. The van der Waals surface area contributed by atoms with E-state index in [0.29, 0.717) is 5.56 Å². The van der Waals surface area contributed by atoms with Crippen LogP contribution in [0.5, 0.6) is 0 Å². The predicted molar refractivity (Wildman–Crippen MR) is 208 cm³/mol. The number of nitro benzene ring substituents is 1. The van der Waals surface area contributed by atoms with Crippen molar-refractivity contribution in [3.05, 3.63) is 63.5 Å². The number of rotatable bonds is 29. The summed E-state index contributed by atoms with van der Waals surface area (Å²) in [5.74, 6) is -0.802. The maximum atomic E-state index is 14.4. The van der Waals surface area contributed by atoms with Gasteiger partial charge in [0, 0.05) is 32.2 Å². The van der Waals surface area contributed by atoms with Crippen LogP contribution in [0, 0.1) is 15.9 Å². The Morgan fingerprint density at radius 3 is 1.31 bits per heavy atom. The monoisotopic (exact) mass is 666 g/mol. The number of hydrogen-bond donors (Lipinski definition) is 0. The predicted octanol–water partition coefficient (Wildman–Crippen LogP) is 13.4. The molecule has 0 saturated heterocycles. The fourth-order valence-corrected chi connectivity index (χ4v) is 6.46. The molecular weight excluding hydrogens is 597 g/mol. The molecule has 0 radical (unpaired) electrons. The molecule has 0 aliphatic carbocycles. The minimum absolute atomic E-state index is 0.489. The summed E-state index contributed by atoms with van der Waals surface area (Å²) in [7, 11) is 0. The van der Waals surface area contributed by atoms with Crippen molar-refractivity contribution < 1.29 is 9.31 Å². The van der Waals surface area contributed by atoms with Crippen molar-refractivity contribution in [1.29, 1.82) is 0 Å². The minimum atomic E-state index is -0.802. The van der Waals surface area contributed by atoms with Gasteiger partial charge in [-0.25, -0.2) is 0 Å². The second kappa shape index (κ2) is 26.0. The summed E-state index contributed by atoms with van der Waals surface area (Å²) >= 11 is 0. The molecule has 0 aliphatic heterocycles. The van der Waals surface area contributed by atoms with Crippen molar-refractivity contribution in [3.8, 4) is 0 Å². The highest BCUT2D eigenvalue weighted by atomic mass is 19.1. The van der Waals surface area contributed by atoms with Gasteiger partial charge in [-0.3, -0.25) is 10.1 Å². The average molecular weight is 666 g/mol. The first-order chi connectivity index (χ1) is 23.4. The highest BCUT2D eigenvalue weighted by Gasteiger charge is 2.18. The standard InChI is InChI=1S/C42H68FN3O2/c1-5-9-13-17-21-31-44(32-22-18-14-10-6-2)41-30-28-38(26-25-37-27-29-40(46(47)48)39(43)35-37)36-42(41)45(33-23-19-15-11-7-3)34-24-20-16-12-8-4/h25-30,35-36H,5-24,31-34H2,1-4H3. The molecule has 2 aromatic rings. The van der Waals surface area contributed by atoms with Crippen molar-refractivity contribution in [1.82, 2.24) is 0 Å². The van der Waals surface area contributed by atoms with E-state index in [2.05, 4.69) is 55.7 Å². The van der Waals surface area contributed by atoms with Gasteiger partial charge in [-0.1, -0.05) is 149 Å². The van der Waals surface area contributed by atoms with Crippen LogP contribution in [0.25, 0.3) is 12.2 Å². The Hall–Kier alpha value is -2.89. The molecule has 0 unspecified atom stereocenters. The lowest BCUT2D eigenvalue weighted by molar-refractivity contribution is -0.387. The topological polar surface area (TPSA) is 49.6 Å². The van der Waals surface area contributed by atoms with E-state index in [4.69, 9.17) is 0 Å². The Bertz CT molecular complexity index is 1140. The van der Waals surface area contributed by atoms with Crippen LogP contribution in [0.2, 0.25) is 0 Å². The highest BCUT2D eigenvalue weighted by Crippen LogP contribution is 2.33. The Morgan fingerprint density at radius 2 is 0.917 bits per heavy atom. The second-order valence-electron chi connectivity index (χ2n) is 13.7. The molecule has 0 atom stereocenters. The summed E-state index contributed by atoms with van der Waals surface area (Å²) in [6.07, 6.45) is 29.3. The van der Waals surface area contributed by atoms with Crippen molar-refractivity contribution >= 4 is 29.2 Å². The average Bonchev–Trinajstić information content (AvgIpc) is 3.08. The molecule has 0 saturated carbocycles. The van der Waals surface area contributed by atoms with Gasteiger partial charge in [-0.05, 0) is 61.1 Å². The summed E-state index contributed by atoms with van der Waals surface area (Å²) in [5, 5.41) is 11.1. The molecule has 0 amide bonds. The third-order valence-electron chi connectivity index (χ3n) is 9.44. The minimum Gasteiger partial charge on any atom is -0.370 e. The van der Waals surface area contributed by atoms with Crippen molar-refractivity contribution in [3.63, 3.8) is 0 Å². The van der Waals surface area contributed by atoms with E-state index in [1.54, 1.807) is 6.07 Å². The number of nitrogens with zero attached hydrogens (tertiary/aromatic N) is 3. The van der Waals surface area contributed by atoms with Crippen LogP contribution in [0.15, 0.2) is 36.4 Å². The number of unbranched alkanes of at least 4 members (excludes halogenated alkanes) is 16. The summed E-state index contributed by atoms with van der Waals surface area (Å²) in [4.78, 5) is 15.8. The molecule has 0 spiro atoms. The van der Waals surface area contributed by atoms with Gasteiger partial charge in [0.25, 0.3) is 0 Å². The Labute approximate surface area is 293 Å². The number of halogens is 1. The first-order valence-electron chi connectivity index (χ1n) is 19.7. The van der Waals surface area contributed by atoms with E-state index in [0.717, 1.165) is 31.7 Å². The smallest absolute Gasteiger partial charge is 0.304 e. The van der Waals surface area contributed by atoms with Crippen LogP contribution in [0.4, 0.5) is 21.5 Å². The lowest BCUT2D eigenvalue weighted by Gasteiger charge is -2.33. The van der Waals surface area contributed by atoms with Gasteiger partial charge in [0.15, 0.2) is 0 Å². The SMILES string of the molecule is CCCCCCCN(CCCCCCC)c1ccc(C=Cc2ccc([N+](=O)[O-])c(F)c2)cc1N(CCCCCCC)CCCCCCC. The zero-order valence-corrected chi connectivity index (χ0v) is 31.1. The zero-order valence-electron chi connectivity index (χ0n) is 31.1. The van der Waals surface area contributed by atoms with Gasteiger partial charge in [0.2, 0.25) is 5.82 Å². The maximum absolute atomic E-state index is 14.4. The van der Waals surface area contributed by atoms with Gasteiger partial charge in [-0.2, -0.15) is 4.39 Å². The van der Waals surface area contributed by atoms with E-state index in [1.165, 1.54) is 152 Å². The zero-order chi connectivity index (χ0) is 34.8. The van der Waals surface area contributed by atoms with E-state index in [9.17, 15) is 14.5 Å². The third-order valence-corrected chi connectivity index (χ3v) is 9.44. The molecule has 2 aromatic carbocycles. The van der Waals surface area contributed by atoms with Gasteiger partial charge in [0.05, 0.1) is 16.3 Å². The molecule has 6 heteroatoms. The van der Waals surface area contributed by atoms with Crippen LogP contribution in [0.1, 0.15) is 167 Å². The van der Waals surface area contributed by atoms with E-state index >= 15 is 0 Å². The summed E-state index contributed by atoms with van der Waals surface area (Å²) in [6.45, 7) is 13.4. The molecule has 0 N–H and O–H groups in total. The molecular formula is C42H68FN3O2. The lowest BCUT2D eigenvalue weighted by Crippen LogP contribution is -2.31. The number of hydrogen-bond acceptors (Lipinski definition) is 4. The van der Waals surface area contributed by atoms with Crippen LogP contribution in [0.3, 0.4) is 0 Å². The van der Waals surface area contributed by atoms with Gasteiger partial charge < -0.3 is 9.80 Å². The molecule has 0 aromatic heterocycles. The van der Waals surface area contributed by atoms with Crippen LogP contribution < -0.4 is 9.80 Å². The summed E-state index contributed by atoms with van der Waals surface area (Å²) < 4.78 is 14.4. The lowest BCUT2D eigenvalue weighted by atomic mass is 10.1. The molecule has 0 fully saturated rings. The number of anilines is 2. The normalized spacial score (nSPS) is 11.4. The highest BCUT2D eigenvalue weighted by molar-refractivity contribution is 5.78. The van der Waals surface area contributed by atoms with Crippen molar-refractivity contribution in [2.45, 2.75) is 156 Å².